The summed E-state index contributed by atoms with van der Waals surface area (Å²) in [5, 5.41) is 0. The monoisotopic (exact) mass is 440 g/mol. The van der Waals surface area contributed by atoms with Crippen LogP contribution in [0.4, 0.5) is 11.4 Å². The number of unbranched alkanes of at least 4 members (excludes halogenated alkanes) is 13. The average Bonchev–Trinajstić information content (AvgIpc) is 2.77. The van der Waals surface area contributed by atoms with E-state index in [0.29, 0.717) is 17.1 Å². The molecule has 0 atom stereocenters. The van der Waals surface area contributed by atoms with Crippen LogP contribution in [0.3, 0.4) is 0 Å². The Morgan fingerprint density at radius 2 is 0.969 bits per heavy atom. The number of hydrogen-bond acceptors (Lipinski definition) is 4. The predicted octanol–water partition coefficient (Wildman–Crippen LogP) is 8.50. The second kappa shape index (κ2) is 16.3. The van der Waals surface area contributed by atoms with E-state index in [0.717, 1.165) is 24.5 Å². The van der Waals surface area contributed by atoms with E-state index in [1.165, 1.54) is 83.5 Å². The molecule has 2 rings (SSSR count). The zero-order valence-corrected chi connectivity index (χ0v) is 20.1. The van der Waals surface area contributed by atoms with Crippen molar-refractivity contribution >= 4 is 11.4 Å². The highest BCUT2D eigenvalue weighted by molar-refractivity contribution is 5.57. The lowest BCUT2D eigenvalue weighted by molar-refractivity contribution is 0.304. The summed E-state index contributed by atoms with van der Waals surface area (Å²) in [5.74, 6) is 2.25. The van der Waals surface area contributed by atoms with Crippen molar-refractivity contribution in [3.8, 4) is 17.2 Å². The first-order valence-electron chi connectivity index (χ1n) is 12.7. The van der Waals surface area contributed by atoms with Gasteiger partial charge in [0.2, 0.25) is 0 Å². The van der Waals surface area contributed by atoms with Gasteiger partial charge in [0.1, 0.15) is 17.2 Å². The average molecular weight is 441 g/mol. The van der Waals surface area contributed by atoms with E-state index < -0.39 is 0 Å². The van der Waals surface area contributed by atoms with Gasteiger partial charge in [-0.05, 0) is 36.8 Å². The molecule has 0 radical (unpaired) electrons. The fraction of sp³-hybridized carbons (Fsp3) is 0.571. The fourth-order valence-electron chi connectivity index (χ4n) is 3.93. The van der Waals surface area contributed by atoms with E-state index in [1.807, 2.05) is 24.3 Å². The van der Waals surface area contributed by atoms with Crippen molar-refractivity contribution < 1.29 is 9.47 Å². The molecule has 0 saturated heterocycles. The molecule has 178 valence electrons. The van der Waals surface area contributed by atoms with E-state index in [9.17, 15) is 0 Å². The minimum absolute atomic E-state index is 0.591. The summed E-state index contributed by atoms with van der Waals surface area (Å²) >= 11 is 0. The fourth-order valence-corrected chi connectivity index (χ4v) is 3.93. The standard InChI is InChI=1S/C28H44N2O2/c1-2-3-4-5-6-7-8-9-10-11-12-13-14-15-20-31-26-16-18-27(19-17-26)32-28-22-24(29)21-25(30)23-28/h16-19,21-23H,2-15,20,29-30H2,1H3. The maximum absolute atomic E-state index is 5.86. The van der Waals surface area contributed by atoms with Gasteiger partial charge in [-0.25, -0.2) is 0 Å². The van der Waals surface area contributed by atoms with Gasteiger partial charge in [0, 0.05) is 23.5 Å². The van der Waals surface area contributed by atoms with Gasteiger partial charge in [0.05, 0.1) is 6.61 Å². The van der Waals surface area contributed by atoms with Gasteiger partial charge in [0.15, 0.2) is 0 Å². The molecule has 0 saturated carbocycles. The van der Waals surface area contributed by atoms with Crippen molar-refractivity contribution in [3.05, 3.63) is 42.5 Å². The Morgan fingerprint density at radius 1 is 0.531 bits per heavy atom. The lowest BCUT2D eigenvalue weighted by atomic mass is 10.0. The molecule has 0 heterocycles. The first-order valence-corrected chi connectivity index (χ1v) is 12.7. The summed E-state index contributed by atoms with van der Waals surface area (Å²) in [6, 6.07) is 12.9. The highest BCUT2D eigenvalue weighted by Gasteiger charge is 2.02. The summed E-state index contributed by atoms with van der Waals surface area (Å²) in [6.07, 6.45) is 19.2. The normalized spacial score (nSPS) is 10.9. The van der Waals surface area contributed by atoms with Gasteiger partial charge in [-0.1, -0.05) is 90.4 Å². The molecule has 2 aromatic rings. The Balaban J connectivity index is 1.44. The smallest absolute Gasteiger partial charge is 0.131 e. The van der Waals surface area contributed by atoms with Gasteiger partial charge in [-0.3, -0.25) is 0 Å². The molecule has 0 unspecified atom stereocenters. The molecule has 0 bridgehead atoms. The van der Waals surface area contributed by atoms with Crippen LogP contribution in [0.15, 0.2) is 42.5 Å². The largest absolute Gasteiger partial charge is 0.494 e. The number of anilines is 2. The van der Waals surface area contributed by atoms with Crippen molar-refractivity contribution in [1.29, 1.82) is 0 Å². The molecular weight excluding hydrogens is 396 g/mol. The molecule has 32 heavy (non-hydrogen) atoms. The van der Waals surface area contributed by atoms with Gasteiger partial charge >= 0.3 is 0 Å². The number of hydrogen-bond donors (Lipinski definition) is 2. The second-order valence-electron chi connectivity index (χ2n) is 8.85. The minimum Gasteiger partial charge on any atom is -0.494 e. The van der Waals surface area contributed by atoms with Crippen LogP contribution in [-0.2, 0) is 0 Å². The molecule has 0 aliphatic rings. The molecular formula is C28H44N2O2. The lowest BCUT2D eigenvalue weighted by Crippen LogP contribution is -1.97. The number of nitrogens with two attached hydrogens (primary N) is 2. The Morgan fingerprint density at radius 3 is 1.47 bits per heavy atom. The zero-order valence-electron chi connectivity index (χ0n) is 20.1. The Hall–Kier alpha value is -2.36. The van der Waals surface area contributed by atoms with Crippen LogP contribution in [0.1, 0.15) is 96.8 Å². The summed E-state index contributed by atoms with van der Waals surface area (Å²) in [5.41, 5.74) is 12.8. The minimum atomic E-state index is 0.591. The van der Waals surface area contributed by atoms with Crippen molar-refractivity contribution in [2.45, 2.75) is 96.8 Å². The maximum atomic E-state index is 5.86. The maximum Gasteiger partial charge on any atom is 0.131 e. The van der Waals surface area contributed by atoms with E-state index in [2.05, 4.69) is 6.92 Å². The Kier molecular flexibility index (Phi) is 13.2. The number of ether oxygens (including phenoxy) is 2. The van der Waals surface area contributed by atoms with Gasteiger partial charge in [-0.2, -0.15) is 0 Å². The van der Waals surface area contributed by atoms with Crippen LogP contribution < -0.4 is 20.9 Å². The third-order valence-corrected chi connectivity index (χ3v) is 5.78. The van der Waals surface area contributed by atoms with Crippen molar-refractivity contribution in [2.24, 2.45) is 0 Å². The zero-order chi connectivity index (χ0) is 22.9. The molecule has 4 heteroatoms. The van der Waals surface area contributed by atoms with E-state index in [1.54, 1.807) is 18.2 Å². The van der Waals surface area contributed by atoms with Crippen LogP contribution in [0.2, 0.25) is 0 Å². The van der Waals surface area contributed by atoms with Crippen LogP contribution in [0, 0.1) is 0 Å². The summed E-state index contributed by atoms with van der Waals surface area (Å²) in [6.45, 7) is 3.05. The third kappa shape index (κ3) is 11.9. The van der Waals surface area contributed by atoms with Crippen LogP contribution >= 0.6 is 0 Å². The van der Waals surface area contributed by atoms with Crippen LogP contribution in [-0.4, -0.2) is 6.61 Å². The molecule has 0 aromatic heterocycles. The van der Waals surface area contributed by atoms with E-state index in [-0.39, 0.29) is 0 Å². The molecule has 0 aliphatic carbocycles. The molecule has 0 fully saturated rings. The quantitative estimate of drug-likeness (QED) is 0.180. The molecule has 0 aliphatic heterocycles. The summed E-state index contributed by atoms with van der Waals surface area (Å²) in [7, 11) is 0. The van der Waals surface area contributed by atoms with Crippen LogP contribution in [0.25, 0.3) is 0 Å². The topological polar surface area (TPSA) is 70.5 Å². The highest BCUT2D eigenvalue weighted by atomic mass is 16.5. The number of benzene rings is 2. The van der Waals surface area contributed by atoms with E-state index >= 15 is 0 Å². The first-order chi connectivity index (χ1) is 15.7. The highest BCUT2D eigenvalue weighted by Crippen LogP contribution is 2.27. The predicted molar refractivity (Wildman–Crippen MR) is 138 cm³/mol. The Labute approximate surface area is 195 Å². The SMILES string of the molecule is CCCCCCCCCCCCCCCCOc1ccc(Oc2cc(N)cc(N)c2)cc1. The number of rotatable bonds is 18. The molecule has 4 N–H and O–H groups in total. The molecule has 0 spiro atoms. The number of nitrogen functional groups attached to an aromatic ring is 2. The van der Waals surface area contributed by atoms with Crippen molar-refractivity contribution in [2.75, 3.05) is 18.1 Å². The van der Waals surface area contributed by atoms with Gasteiger partial charge in [0.25, 0.3) is 0 Å². The van der Waals surface area contributed by atoms with Crippen LogP contribution in [0.5, 0.6) is 17.2 Å². The summed E-state index contributed by atoms with van der Waals surface area (Å²) in [4.78, 5) is 0. The molecule has 4 nitrogen and oxygen atoms in total. The third-order valence-electron chi connectivity index (χ3n) is 5.78. The van der Waals surface area contributed by atoms with Crippen molar-refractivity contribution in [3.63, 3.8) is 0 Å². The van der Waals surface area contributed by atoms with Crippen molar-refractivity contribution in [1.82, 2.24) is 0 Å². The Bertz CT molecular complexity index is 710. The molecule has 2 aromatic carbocycles. The lowest BCUT2D eigenvalue weighted by Gasteiger charge is -2.09. The van der Waals surface area contributed by atoms with E-state index in [4.69, 9.17) is 20.9 Å². The first kappa shape index (κ1) is 25.9. The van der Waals surface area contributed by atoms with Gasteiger partial charge in [-0.15, -0.1) is 0 Å². The second-order valence-corrected chi connectivity index (χ2v) is 8.85. The summed E-state index contributed by atoms with van der Waals surface area (Å²) < 4.78 is 11.7. The molecule has 0 amide bonds. The van der Waals surface area contributed by atoms with Gasteiger partial charge < -0.3 is 20.9 Å².